The molecule has 2 aromatic heterocycles. The van der Waals surface area contributed by atoms with Crippen LogP contribution in [0, 0.1) is 0 Å². The van der Waals surface area contributed by atoms with Crippen molar-refractivity contribution < 1.29 is 8.42 Å². The summed E-state index contributed by atoms with van der Waals surface area (Å²) in [4.78, 5) is 21.5. The van der Waals surface area contributed by atoms with E-state index in [0.717, 1.165) is 11.9 Å². The van der Waals surface area contributed by atoms with E-state index in [2.05, 4.69) is 20.0 Å². The Bertz CT molecular complexity index is 1360. The average Bonchev–Trinajstić information content (AvgIpc) is 2.79. The van der Waals surface area contributed by atoms with E-state index in [1.54, 1.807) is 55.0 Å². The fourth-order valence-electron chi connectivity index (χ4n) is 2.95. The number of rotatable bonds is 4. The molecule has 2 N–H and O–H groups in total. The molecule has 0 saturated heterocycles. The second kappa shape index (κ2) is 6.90. The molecule has 8 heteroatoms. The summed E-state index contributed by atoms with van der Waals surface area (Å²) >= 11 is 0. The van der Waals surface area contributed by atoms with Crippen LogP contribution in [0.5, 0.6) is 0 Å². The van der Waals surface area contributed by atoms with Gasteiger partial charge in [-0.3, -0.25) is 19.5 Å². The topological polar surface area (TPSA) is 101 Å². The predicted octanol–water partition coefficient (Wildman–Crippen LogP) is 3.26. The van der Waals surface area contributed by atoms with E-state index in [1.807, 2.05) is 12.1 Å². The number of pyridine rings is 2. The molecule has 0 saturated carbocycles. The van der Waals surface area contributed by atoms with E-state index in [1.165, 1.54) is 0 Å². The third-order valence-electron chi connectivity index (χ3n) is 4.15. The van der Waals surface area contributed by atoms with Gasteiger partial charge in [0.15, 0.2) is 5.43 Å². The Morgan fingerprint density at radius 3 is 2.32 bits per heavy atom. The lowest BCUT2D eigenvalue weighted by Gasteiger charge is -2.05. The summed E-state index contributed by atoms with van der Waals surface area (Å²) in [7, 11) is -3.44. The highest BCUT2D eigenvalue weighted by Gasteiger charge is 2.08. The van der Waals surface area contributed by atoms with Gasteiger partial charge in [-0.15, -0.1) is 0 Å². The summed E-state index contributed by atoms with van der Waals surface area (Å²) in [6.45, 7) is 0. The third kappa shape index (κ3) is 3.77. The number of fused-ring (bicyclic) bond motifs is 2. The molecule has 28 heavy (non-hydrogen) atoms. The van der Waals surface area contributed by atoms with Crippen LogP contribution in [0.4, 0.5) is 17.1 Å². The standard InChI is InChI=1S/C20H16N4O3S/c1-28(26,27)24-15-4-2-13-3-5-19-18(20(25)17(13)10-15)11-16(12-22-19)23-14-6-8-21-9-7-14/h2-12,24H,1H3,(H,21,23). The van der Waals surface area contributed by atoms with Gasteiger partial charge >= 0.3 is 0 Å². The smallest absolute Gasteiger partial charge is 0.229 e. The third-order valence-corrected chi connectivity index (χ3v) is 4.76. The van der Waals surface area contributed by atoms with E-state index in [9.17, 15) is 13.2 Å². The van der Waals surface area contributed by atoms with Gasteiger partial charge in [0.2, 0.25) is 10.0 Å². The zero-order valence-electron chi connectivity index (χ0n) is 14.9. The predicted molar refractivity (Wildman–Crippen MR) is 112 cm³/mol. The molecule has 0 fully saturated rings. The van der Waals surface area contributed by atoms with Crippen LogP contribution >= 0.6 is 0 Å². The molecule has 0 aliphatic heterocycles. The quantitative estimate of drug-likeness (QED) is 0.553. The number of hydrogen-bond donors (Lipinski definition) is 2. The minimum Gasteiger partial charge on any atom is -0.354 e. The van der Waals surface area contributed by atoms with Crippen molar-refractivity contribution in [1.82, 2.24) is 9.97 Å². The summed E-state index contributed by atoms with van der Waals surface area (Å²) in [5, 5.41) is 4.74. The number of nitrogens with one attached hydrogen (secondary N) is 2. The molecule has 2 heterocycles. The largest absolute Gasteiger partial charge is 0.354 e. The minimum atomic E-state index is -3.44. The normalized spacial score (nSPS) is 11.5. The maximum atomic E-state index is 13.2. The molecule has 0 amide bonds. The highest BCUT2D eigenvalue weighted by atomic mass is 32.2. The van der Waals surface area contributed by atoms with Crippen LogP contribution in [0.2, 0.25) is 0 Å². The minimum absolute atomic E-state index is 0.224. The molecular formula is C20H16N4O3S. The van der Waals surface area contributed by atoms with Crippen LogP contribution < -0.4 is 15.5 Å². The Balaban J connectivity index is 1.88. The molecule has 0 atom stereocenters. The molecule has 2 aromatic carbocycles. The maximum absolute atomic E-state index is 13.2. The maximum Gasteiger partial charge on any atom is 0.229 e. The first-order valence-corrected chi connectivity index (χ1v) is 10.3. The van der Waals surface area contributed by atoms with Crippen molar-refractivity contribution >= 4 is 48.8 Å². The Labute approximate surface area is 161 Å². The molecule has 0 aliphatic rings. The van der Waals surface area contributed by atoms with Crippen molar-refractivity contribution in [2.75, 3.05) is 16.3 Å². The van der Waals surface area contributed by atoms with Crippen LogP contribution in [-0.2, 0) is 10.0 Å². The second-order valence-corrected chi connectivity index (χ2v) is 8.10. The van der Waals surface area contributed by atoms with Crippen LogP contribution in [0.3, 0.4) is 0 Å². The van der Waals surface area contributed by atoms with Crippen molar-refractivity contribution in [3.05, 3.63) is 77.3 Å². The molecule has 140 valence electrons. The lowest BCUT2D eigenvalue weighted by molar-refractivity contribution is 0.607. The first-order chi connectivity index (χ1) is 13.4. The number of hydrogen-bond acceptors (Lipinski definition) is 6. The number of aromatic nitrogens is 2. The lowest BCUT2D eigenvalue weighted by Crippen LogP contribution is -2.10. The van der Waals surface area contributed by atoms with Crippen molar-refractivity contribution in [2.24, 2.45) is 0 Å². The molecule has 0 radical (unpaired) electrons. The van der Waals surface area contributed by atoms with Gasteiger partial charge in [0.05, 0.1) is 29.0 Å². The van der Waals surface area contributed by atoms with Crippen LogP contribution in [0.25, 0.3) is 21.7 Å². The number of anilines is 3. The molecule has 0 spiro atoms. The Kier molecular flexibility index (Phi) is 4.40. The highest BCUT2D eigenvalue weighted by molar-refractivity contribution is 7.92. The Morgan fingerprint density at radius 2 is 1.57 bits per heavy atom. The van der Waals surface area contributed by atoms with Crippen LogP contribution in [0.1, 0.15) is 0 Å². The van der Waals surface area contributed by atoms with Gasteiger partial charge in [-0.1, -0.05) is 12.1 Å². The molecule has 0 unspecified atom stereocenters. The molecular weight excluding hydrogens is 376 g/mol. The Hall–Kier alpha value is -3.52. The molecule has 4 rings (SSSR count). The highest BCUT2D eigenvalue weighted by Crippen LogP contribution is 2.22. The van der Waals surface area contributed by atoms with Crippen LogP contribution in [-0.4, -0.2) is 24.6 Å². The van der Waals surface area contributed by atoms with E-state index < -0.39 is 10.0 Å². The van der Waals surface area contributed by atoms with E-state index in [-0.39, 0.29) is 5.43 Å². The van der Waals surface area contributed by atoms with E-state index >= 15 is 0 Å². The van der Waals surface area contributed by atoms with Gasteiger partial charge < -0.3 is 5.32 Å². The van der Waals surface area contributed by atoms with Crippen molar-refractivity contribution in [3.63, 3.8) is 0 Å². The van der Waals surface area contributed by atoms with Gasteiger partial charge in [-0.05, 0) is 41.8 Å². The number of nitrogens with zero attached hydrogens (tertiary/aromatic N) is 2. The first-order valence-electron chi connectivity index (χ1n) is 8.41. The second-order valence-electron chi connectivity index (χ2n) is 6.36. The molecule has 0 aliphatic carbocycles. The summed E-state index contributed by atoms with van der Waals surface area (Å²) in [6, 6.07) is 13.8. The number of sulfonamides is 1. The Morgan fingerprint density at radius 1 is 0.857 bits per heavy atom. The lowest BCUT2D eigenvalue weighted by atomic mass is 10.1. The first kappa shape index (κ1) is 17.9. The molecule has 0 bridgehead atoms. The fourth-order valence-corrected chi connectivity index (χ4v) is 3.51. The average molecular weight is 392 g/mol. The SMILES string of the molecule is CS(=O)(=O)Nc1ccc2ccc3ncc(Nc4ccncc4)cc3c(=O)c2c1. The van der Waals surface area contributed by atoms with Gasteiger partial charge in [-0.2, -0.15) is 0 Å². The van der Waals surface area contributed by atoms with Crippen molar-refractivity contribution in [3.8, 4) is 0 Å². The van der Waals surface area contributed by atoms with E-state index in [4.69, 9.17) is 0 Å². The summed E-state index contributed by atoms with van der Waals surface area (Å²) in [5.74, 6) is 0. The summed E-state index contributed by atoms with van der Waals surface area (Å²) in [5.41, 5.74) is 2.16. The van der Waals surface area contributed by atoms with Gasteiger partial charge in [0, 0.05) is 29.2 Å². The fraction of sp³-hybridized carbons (Fsp3) is 0.0500. The molecule has 7 nitrogen and oxygen atoms in total. The van der Waals surface area contributed by atoms with E-state index in [0.29, 0.717) is 33.1 Å². The summed E-state index contributed by atoms with van der Waals surface area (Å²) < 4.78 is 25.4. The van der Waals surface area contributed by atoms with Gasteiger partial charge in [0.25, 0.3) is 0 Å². The van der Waals surface area contributed by atoms with Crippen LogP contribution in [0.15, 0.2) is 71.9 Å². The molecule has 4 aromatic rings. The number of benzene rings is 1. The van der Waals surface area contributed by atoms with Gasteiger partial charge in [-0.25, -0.2) is 8.42 Å². The summed E-state index contributed by atoms with van der Waals surface area (Å²) in [6.07, 6.45) is 6.06. The monoisotopic (exact) mass is 392 g/mol. The zero-order chi connectivity index (χ0) is 19.7. The van der Waals surface area contributed by atoms with Crippen molar-refractivity contribution in [1.29, 1.82) is 0 Å². The van der Waals surface area contributed by atoms with Crippen molar-refractivity contribution in [2.45, 2.75) is 0 Å². The zero-order valence-corrected chi connectivity index (χ0v) is 15.7. The van der Waals surface area contributed by atoms with Gasteiger partial charge in [0.1, 0.15) is 0 Å².